The number of rotatable bonds is 3. The predicted octanol–water partition coefficient (Wildman–Crippen LogP) is 4.07. The molecule has 0 fully saturated rings. The largest absolute Gasteiger partial charge is 0.382 e. The number of anilines is 1. The van der Waals surface area contributed by atoms with Crippen LogP contribution in [0.4, 0.5) is 10.2 Å². The van der Waals surface area contributed by atoms with Gasteiger partial charge in [0.15, 0.2) is 11.5 Å². The van der Waals surface area contributed by atoms with Crippen molar-refractivity contribution in [2.24, 2.45) is 0 Å². The van der Waals surface area contributed by atoms with E-state index in [1.165, 1.54) is 35.4 Å². The molecule has 3 aromatic heterocycles. The Morgan fingerprint density at radius 2 is 2.00 bits per heavy atom. The van der Waals surface area contributed by atoms with E-state index in [2.05, 4.69) is 24.9 Å². The number of nitrogens with two attached hydrogens (primary N) is 1. The summed E-state index contributed by atoms with van der Waals surface area (Å²) in [5.41, 5.74) is 7.64. The van der Waals surface area contributed by atoms with Gasteiger partial charge in [0.2, 0.25) is 0 Å². The van der Waals surface area contributed by atoms with E-state index in [0.717, 1.165) is 6.42 Å². The SMILES string of the molecule is CCCc1nc2ccc(F)cc2c(=O)n1-c1cccc(Cl)c1.Nc1ncnc2nc[nH]c12. The van der Waals surface area contributed by atoms with Crippen molar-refractivity contribution in [1.29, 1.82) is 0 Å². The van der Waals surface area contributed by atoms with Gasteiger partial charge in [-0.1, -0.05) is 24.6 Å². The molecule has 3 heterocycles. The molecule has 0 saturated carbocycles. The average Bonchev–Trinajstić information content (AvgIpc) is 3.26. The van der Waals surface area contributed by atoms with Gasteiger partial charge in [-0.3, -0.25) is 9.36 Å². The minimum absolute atomic E-state index is 0.264. The summed E-state index contributed by atoms with van der Waals surface area (Å²) in [6, 6.07) is 11.1. The molecule has 32 heavy (non-hydrogen) atoms. The third kappa shape index (κ3) is 4.28. The molecule has 10 heteroatoms. The summed E-state index contributed by atoms with van der Waals surface area (Å²) >= 11 is 6.02. The highest BCUT2D eigenvalue weighted by Gasteiger charge is 2.13. The number of fused-ring (bicyclic) bond motifs is 2. The van der Waals surface area contributed by atoms with E-state index in [4.69, 9.17) is 17.3 Å². The van der Waals surface area contributed by atoms with Gasteiger partial charge in [-0.15, -0.1) is 0 Å². The van der Waals surface area contributed by atoms with E-state index < -0.39 is 5.82 Å². The summed E-state index contributed by atoms with van der Waals surface area (Å²) < 4.78 is 15.0. The number of hydrogen-bond acceptors (Lipinski definition) is 6. The highest BCUT2D eigenvalue weighted by atomic mass is 35.5. The lowest BCUT2D eigenvalue weighted by Crippen LogP contribution is -2.24. The maximum Gasteiger partial charge on any atom is 0.266 e. The van der Waals surface area contributed by atoms with Gasteiger partial charge < -0.3 is 10.7 Å². The molecule has 0 spiro atoms. The molecular formula is C22H19ClFN7O. The zero-order valence-electron chi connectivity index (χ0n) is 17.1. The summed E-state index contributed by atoms with van der Waals surface area (Å²) in [4.78, 5) is 31.7. The zero-order chi connectivity index (χ0) is 22.7. The summed E-state index contributed by atoms with van der Waals surface area (Å²) in [6.45, 7) is 2.02. The fraction of sp³-hybridized carbons (Fsp3) is 0.136. The summed E-state index contributed by atoms with van der Waals surface area (Å²) in [6.07, 6.45) is 4.42. The number of benzene rings is 2. The molecule has 5 aromatic rings. The molecule has 0 amide bonds. The molecular weight excluding hydrogens is 433 g/mol. The second kappa shape index (κ2) is 9.11. The summed E-state index contributed by atoms with van der Waals surface area (Å²) in [5, 5.41) is 0.797. The molecule has 3 N–H and O–H groups in total. The Morgan fingerprint density at radius 1 is 1.16 bits per heavy atom. The van der Waals surface area contributed by atoms with Crippen LogP contribution in [0.15, 0.2) is 59.9 Å². The number of halogens is 2. The number of nitrogens with one attached hydrogen (secondary N) is 1. The van der Waals surface area contributed by atoms with Crippen LogP contribution in [0.25, 0.3) is 27.8 Å². The van der Waals surface area contributed by atoms with E-state index in [0.29, 0.717) is 45.5 Å². The fourth-order valence-corrected chi connectivity index (χ4v) is 3.44. The number of nitrogen functional groups attached to an aromatic ring is 1. The van der Waals surface area contributed by atoms with Gasteiger partial charge >= 0.3 is 0 Å². The monoisotopic (exact) mass is 451 g/mol. The quantitative estimate of drug-likeness (QED) is 0.427. The molecule has 162 valence electrons. The number of hydrogen-bond donors (Lipinski definition) is 2. The predicted molar refractivity (Wildman–Crippen MR) is 122 cm³/mol. The molecule has 0 bridgehead atoms. The van der Waals surface area contributed by atoms with Crippen LogP contribution in [0.5, 0.6) is 0 Å². The number of aromatic nitrogens is 6. The summed E-state index contributed by atoms with van der Waals surface area (Å²) in [7, 11) is 0. The molecule has 0 aliphatic rings. The van der Waals surface area contributed by atoms with Crippen LogP contribution in [0.3, 0.4) is 0 Å². The molecule has 8 nitrogen and oxygen atoms in total. The van der Waals surface area contributed by atoms with Crippen molar-refractivity contribution >= 4 is 39.5 Å². The van der Waals surface area contributed by atoms with Gasteiger partial charge in [0.05, 0.1) is 22.9 Å². The van der Waals surface area contributed by atoms with Gasteiger partial charge in [0.25, 0.3) is 5.56 Å². The molecule has 0 aliphatic heterocycles. The Balaban J connectivity index is 0.000000203. The number of aryl methyl sites for hydroxylation is 1. The van der Waals surface area contributed by atoms with Crippen molar-refractivity contribution in [3.05, 3.63) is 82.1 Å². The Morgan fingerprint density at radius 3 is 2.75 bits per heavy atom. The number of aromatic amines is 1. The van der Waals surface area contributed by atoms with Crippen molar-refractivity contribution in [1.82, 2.24) is 29.5 Å². The topological polar surface area (TPSA) is 115 Å². The Hall–Kier alpha value is -3.85. The lowest BCUT2D eigenvalue weighted by Gasteiger charge is -2.13. The highest BCUT2D eigenvalue weighted by Crippen LogP contribution is 2.18. The van der Waals surface area contributed by atoms with Crippen LogP contribution in [-0.4, -0.2) is 29.5 Å². The average molecular weight is 452 g/mol. The minimum atomic E-state index is -0.452. The molecule has 0 unspecified atom stereocenters. The van der Waals surface area contributed by atoms with Gasteiger partial charge in [-0.2, -0.15) is 0 Å². The zero-order valence-corrected chi connectivity index (χ0v) is 17.8. The van der Waals surface area contributed by atoms with Crippen LogP contribution in [-0.2, 0) is 6.42 Å². The first-order valence-electron chi connectivity index (χ1n) is 9.84. The minimum Gasteiger partial charge on any atom is -0.382 e. The first-order chi connectivity index (χ1) is 15.5. The number of imidazole rings is 1. The van der Waals surface area contributed by atoms with E-state index in [9.17, 15) is 9.18 Å². The van der Waals surface area contributed by atoms with Gasteiger partial charge in [0, 0.05) is 11.4 Å². The Labute approximate surface area is 186 Å². The first kappa shape index (κ1) is 21.4. The van der Waals surface area contributed by atoms with Gasteiger partial charge in [0.1, 0.15) is 23.5 Å². The molecule has 0 aliphatic carbocycles. The van der Waals surface area contributed by atoms with Crippen LogP contribution >= 0.6 is 11.6 Å². The van der Waals surface area contributed by atoms with Crippen molar-refractivity contribution < 1.29 is 4.39 Å². The van der Waals surface area contributed by atoms with Crippen LogP contribution in [0.1, 0.15) is 19.2 Å². The second-order valence-electron chi connectivity index (χ2n) is 6.92. The van der Waals surface area contributed by atoms with Crippen LogP contribution in [0, 0.1) is 5.82 Å². The lowest BCUT2D eigenvalue weighted by molar-refractivity contribution is 0.629. The van der Waals surface area contributed by atoms with Crippen LogP contribution < -0.4 is 11.3 Å². The molecule has 2 aromatic carbocycles. The van der Waals surface area contributed by atoms with Gasteiger partial charge in [-0.25, -0.2) is 24.3 Å². The van der Waals surface area contributed by atoms with E-state index in [-0.39, 0.29) is 10.9 Å². The lowest BCUT2D eigenvalue weighted by atomic mass is 10.2. The molecule has 0 radical (unpaired) electrons. The third-order valence-electron chi connectivity index (χ3n) is 4.69. The smallest absolute Gasteiger partial charge is 0.266 e. The van der Waals surface area contributed by atoms with Crippen LogP contribution in [0.2, 0.25) is 5.02 Å². The van der Waals surface area contributed by atoms with Crippen molar-refractivity contribution in [3.8, 4) is 5.69 Å². The Bertz CT molecular complexity index is 1460. The van der Waals surface area contributed by atoms with E-state index in [1.807, 2.05) is 6.92 Å². The third-order valence-corrected chi connectivity index (χ3v) is 4.93. The van der Waals surface area contributed by atoms with E-state index >= 15 is 0 Å². The van der Waals surface area contributed by atoms with E-state index in [1.54, 1.807) is 24.3 Å². The van der Waals surface area contributed by atoms with Gasteiger partial charge in [-0.05, 0) is 42.8 Å². The highest BCUT2D eigenvalue weighted by molar-refractivity contribution is 6.30. The van der Waals surface area contributed by atoms with Crippen molar-refractivity contribution in [3.63, 3.8) is 0 Å². The normalized spacial score (nSPS) is 10.8. The Kier molecular flexibility index (Phi) is 6.09. The molecule has 0 atom stereocenters. The second-order valence-corrected chi connectivity index (χ2v) is 7.36. The number of nitrogens with zero attached hydrogens (tertiary/aromatic N) is 5. The molecule has 0 saturated heterocycles. The van der Waals surface area contributed by atoms with Crippen molar-refractivity contribution in [2.45, 2.75) is 19.8 Å². The summed E-state index contributed by atoms with van der Waals surface area (Å²) in [5.74, 6) is 0.628. The maximum absolute atomic E-state index is 13.5. The van der Waals surface area contributed by atoms with Crippen molar-refractivity contribution in [2.75, 3.05) is 5.73 Å². The number of H-pyrrole nitrogens is 1. The first-order valence-corrected chi connectivity index (χ1v) is 10.2. The molecule has 5 rings (SSSR count). The maximum atomic E-state index is 13.5. The fourth-order valence-electron chi connectivity index (χ4n) is 3.26. The standard InChI is InChI=1S/C17H14ClFN2O.C5H5N5/c1-2-4-16-20-15-8-7-12(19)10-14(15)17(22)21(16)13-6-3-5-11(18)9-13;6-4-3-5(9-1-7-3)10-2-8-4/h3,5-10H,2,4H2,1H3;1-2H,(H3,6,7,8,9,10).